The van der Waals surface area contributed by atoms with Crippen LogP contribution in [0.3, 0.4) is 0 Å². The molecule has 0 radical (unpaired) electrons. The van der Waals surface area contributed by atoms with Gasteiger partial charge in [-0.05, 0) is 83.5 Å². The molecule has 1 amide bonds. The van der Waals surface area contributed by atoms with Crippen LogP contribution in [0.2, 0.25) is 0 Å². The molecule has 0 rings (SSSR count). The average Bonchev–Trinajstić information content (AvgIpc) is 3.36. The highest BCUT2D eigenvalue weighted by Gasteiger charge is 2.20. The molecule has 0 fully saturated rings. The van der Waals surface area contributed by atoms with Gasteiger partial charge in [0.25, 0.3) is 0 Å². The van der Waals surface area contributed by atoms with Gasteiger partial charge < -0.3 is 20.3 Å². The van der Waals surface area contributed by atoms with E-state index in [2.05, 4.69) is 55.6 Å². The summed E-state index contributed by atoms with van der Waals surface area (Å²) in [7, 11) is 0. The zero-order valence-corrected chi connectivity index (χ0v) is 47.0. The Hall–Kier alpha value is -1.92. The fraction of sp³-hybridized carbons (Fsp3) is 0.875. The zero-order valence-electron chi connectivity index (χ0n) is 47.0. The van der Waals surface area contributed by atoms with Crippen molar-refractivity contribution in [1.29, 1.82) is 0 Å². The van der Waals surface area contributed by atoms with Crippen LogP contribution >= 0.6 is 0 Å². The predicted octanol–water partition coefficient (Wildman–Crippen LogP) is 19.6. The summed E-state index contributed by atoms with van der Waals surface area (Å²) in [5.41, 5.74) is 0. The Morgan fingerprint density at radius 2 is 0.714 bits per heavy atom. The molecule has 0 saturated heterocycles. The molecule has 0 aliphatic rings. The summed E-state index contributed by atoms with van der Waals surface area (Å²) >= 11 is 0. The SMILES string of the molecule is CCCCCCCC/C=C\CCCCCCCC(=O)OCCCCCCCCCCC/C=C\C/C=C\CCCCCCCCCC(=O)NC(CO)C(O)CCCCCCCCCCCCCCCCC. The first-order chi connectivity index (χ1) is 34.5. The number of ether oxygens (including phenoxy) is 1. The molecule has 2 atom stereocenters. The van der Waals surface area contributed by atoms with E-state index in [9.17, 15) is 19.8 Å². The van der Waals surface area contributed by atoms with Crippen LogP contribution in [0.5, 0.6) is 0 Å². The van der Waals surface area contributed by atoms with Gasteiger partial charge in [0.15, 0.2) is 0 Å². The van der Waals surface area contributed by atoms with Gasteiger partial charge in [0, 0.05) is 12.8 Å². The first kappa shape index (κ1) is 68.1. The van der Waals surface area contributed by atoms with E-state index in [0.29, 0.717) is 25.9 Å². The van der Waals surface area contributed by atoms with Gasteiger partial charge in [0.05, 0.1) is 25.4 Å². The first-order valence-corrected chi connectivity index (χ1v) is 31.2. The number of aliphatic hydroxyl groups is 2. The molecule has 0 aromatic rings. The van der Waals surface area contributed by atoms with Crippen molar-refractivity contribution < 1.29 is 24.5 Å². The van der Waals surface area contributed by atoms with Gasteiger partial charge in [-0.25, -0.2) is 0 Å². The second-order valence-electron chi connectivity index (χ2n) is 21.4. The molecule has 70 heavy (non-hydrogen) atoms. The summed E-state index contributed by atoms with van der Waals surface area (Å²) in [5.74, 6) is -0.0450. The molecular weight excluding hydrogens is 863 g/mol. The van der Waals surface area contributed by atoms with Crippen LogP contribution in [-0.4, -0.2) is 47.4 Å². The quantitative estimate of drug-likeness (QED) is 0.0321. The molecule has 412 valence electrons. The van der Waals surface area contributed by atoms with E-state index in [0.717, 1.165) is 57.8 Å². The fourth-order valence-corrected chi connectivity index (χ4v) is 9.61. The number of aliphatic hydroxyl groups excluding tert-OH is 2. The molecule has 2 unspecified atom stereocenters. The second-order valence-corrected chi connectivity index (χ2v) is 21.4. The van der Waals surface area contributed by atoms with E-state index in [1.54, 1.807) is 0 Å². The van der Waals surface area contributed by atoms with Crippen LogP contribution in [0.15, 0.2) is 36.5 Å². The minimum atomic E-state index is -0.671. The third-order valence-corrected chi connectivity index (χ3v) is 14.4. The number of hydrogen-bond donors (Lipinski definition) is 3. The number of nitrogens with one attached hydrogen (secondary N) is 1. The summed E-state index contributed by atoms with van der Waals surface area (Å²) in [6.45, 7) is 4.95. The Balaban J connectivity index is 3.45. The maximum atomic E-state index is 12.5. The van der Waals surface area contributed by atoms with Crippen molar-refractivity contribution in [3.05, 3.63) is 36.5 Å². The Labute approximate surface area is 436 Å². The van der Waals surface area contributed by atoms with Crippen LogP contribution in [0.4, 0.5) is 0 Å². The lowest BCUT2D eigenvalue weighted by molar-refractivity contribution is -0.143. The molecule has 0 aromatic carbocycles. The number of carbonyl (C=O) groups is 2. The minimum Gasteiger partial charge on any atom is -0.466 e. The van der Waals surface area contributed by atoms with Gasteiger partial charge in [-0.3, -0.25) is 9.59 Å². The number of amides is 1. The highest BCUT2D eigenvalue weighted by Crippen LogP contribution is 2.17. The van der Waals surface area contributed by atoms with Gasteiger partial charge in [0.2, 0.25) is 5.91 Å². The molecule has 0 bridgehead atoms. The van der Waals surface area contributed by atoms with Crippen LogP contribution in [0.25, 0.3) is 0 Å². The molecule has 6 nitrogen and oxygen atoms in total. The lowest BCUT2D eigenvalue weighted by Gasteiger charge is -2.22. The number of carbonyl (C=O) groups excluding carboxylic acids is 2. The minimum absolute atomic E-state index is 0.000786. The van der Waals surface area contributed by atoms with Crippen molar-refractivity contribution >= 4 is 11.9 Å². The topological polar surface area (TPSA) is 95.9 Å². The Morgan fingerprint density at radius 1 is 0.400 bits per heavy atom. The summed E-state index contributed by atoms with van der Waals surface area (Å²) < 4.78 is 5.48. The van der Waals surface area contributed by atoms with Crippen LogP contribution in [-0.2, 0) is 14.3 Å². The molecule has 0 saturated carbocycles. The number of unbranched alkanes of at least 4 members (excludes halogenated alkanes) is 41. The van der Waals surface area contributed by atoms with E-state index >= 15 is 0 Å². The smallest absolute Gasteiger partial charge is 0.305 e. The number of esters is 1. The van der Waals surface area contributed by atoms with Crippen molar-refractivity contribution in [3.8, 4) is 0 Å². The maximum absolute atomic E-state index is 12.5. The maximum Gasteiger partial charge on any atom is 0.305 e. The van der Waals surface area contributed by atoms with Gasteiger partial charge in [0.1, 0.15) is 0 Å². The van der Waals surface area contributed by atoms with E-state index in [1.807, 2.05) is 0 Å². The standard InChI is InChI=1S/C64H121NO5/c1-3-5-7-9-11-13-15-17-28-32-36-40-44-48-52-56-62(67)61(60-66)65-63(68)57-53-49-45-41-37-33-30-26-24-22-20-19-21-23-25-27-31-35-39-43-47-51-55-59-70-64(69)58-54-50-46-42-38-34-29-18-16-14-12-10-8-6-4-2/h18-19,21-22,24,29,61-62,66-67H,3-17,20,23,25-28,30-60H2,1-2H3,(H,65,68)/b21-19-,24-22-,29-18-. The number of hydrogen-bond acceptors (Lipinski definition) is 5. The highest BCUT2D eigenvalue weighted by molar-refractivity contribution is 5.76. The van der Waals surface area contributed by atoms with Crippen LogP contribution < -0.4 is 5.32 Å². The fourth-order valence-electron chi connectivity index (χ4n) is 9.61. The normalized spacial score (nSPS) is 12.8. The van der Waals surface area contributed by atoms with Crippen LogP contribution in [0.1, 0.15) is 335 Å². The molecule has 0 heterocycles. The lowest BCUT2D eigenvalue weighted by atomic mass is 10.0. The van der Waals surface area contributed by atoms with E-state index in [4.69, 9.17) is 4.74 Å². The summed E-state index contributed by atoms with van der Waals surface area (Å²) in [6.07, 6.45) is 74.4. The van der Waals surface area contributed by atoms with Gasteiger partial charge in [-0.1, -0.05) is 275 Å². The number of allylic oxidation sites excluding steroid dienone is 6. The summed E-state index contributed by atoms with van der Waals surface area (Å²) in [5, 5.41) is 23.3. The van der Waals surface area contributed by atoms with Gasteiger partial charge in [-0.2, -0.15) is 0 Å². The van der Waals surface area contributed by atoms with Crippen molar-refractivity contribution in [1.82, 2.24) is 5.32 Å². The molecule has 0 spiro atoms. The molecule has 0 aromatic heterocycles. The molecule has 6 heteroatoms. The Bertz CT molecular complexity index is 1130. The Kier molecular flexibility index (Phi) is 58.0. The highest BCUT2D eigenvalue weighted by atomic mass is 16.5. The van der Waals surface area contributed by atoms with E-state index < -0.39 is 12.1 Å². The lowest BCUT2D eigenvalue weighted by Crippen LogP contribution is -2.45. The predicted molar refractivity (Wildman–Crippen MR) is 306 cm³/mol. The number of rotatable bonds is 58. The Morgan fingerprint density at radius 3 is 1.10 bits per heavy atom. The average molecular weight is 985 g/mol. The van der Waals surface area contributed by atoms with Crippen molar-refractivity contribution in [2.24, 2.45) is 0 Å². The van der Waals surface area contributed by atoms with Crippen molar-refractivity contribution in [3.63, 3.8) is 0 Å². The van der Waals surface area contributed by atoms with Gasteiger partial charge in [-0.15, -0.1) is 0 Å². The largest absolute Gasteiger partial charge is 0.466 e. The van der Waals surface area contributed by atoms with Crippen molar-refractivity contribution in [2.45, 2.75) is 347 Å². The monoisotopic (exact) mass is 984 g/mol. The third kappa shape index (κ3) is 55.4. The molecule has 0 aliphatic carbocycles. The molecule has 0 aliphatic heterocycles. The molecular formula is C64H121NO5. The zero-order chi connectivity index (χ0) is 50.7. The first-order valence-electron chi connectivity index (χ1n) is 31.2. The summed E-state index contributed by atoms with van der Waals surface area (Å²) in [4.78, 5) is 24.5. The third-order valence-electron chi connectivity index (χ3n) is 14.4. The van der Waals surface area contributed by atoms with Gasteiger partial charge >= 0.3 is 5.97 Å². The van der Waals surface area contributed by atoms with E-state index in [-0.39, 0.29) is 18.5 Å². The van der Waals surface area contributed by atoms with Crippen molar-refractivity contribution in [2.75, 3.05) is 13.2 Å². The molecule has 3 N–H and O–H groups in total. The second kappa shape index (κ2) is 59.6. The van der Waals surface area contributed by atoms with Crippen LogP contribution in [0, 0.1) is 0 Å². The van der Waals surface area contributed by atoms with E-state index in [1.165, 1.54) is 244 Å². The summed E-state index contributed by atoms with van der Waals surface area (Å²) in [6, 6.07) is -0.549.